The van der Waals surface area contributed by atoms with Crippen LogP contribution >= 0.6 is 0 Å². The maximum absolute atomic E-state index is 14.3. The number of hydrogen-bond donors (Lipinski definition) is 3. The molecular weight excluding hydrogens is 596 g/mol. The minimum absolute atomic E-state index is 0.0145. The highest BCUT2D eigenvalue weighted by Crippen LogP contribution is 2.28. The van der Waals surface area contributed by atoms with Crippen LogP contribution in [0, 0.1) is 5.92 Å². The van der Waals surface area contributed by atoms with E-state index < -0.39 is 12.1 Å². The number of hydrogen-bond acceptors (Lipinski definition) is 6. The molecule has 0 aromatic heterocycles. The average Bonchev–Trinajstić information content (AvgIpc) is 3.06. The van der Waals surface area contributed by atoms with Gasteiger partial charge in [0.05, 0.1) is 36.8 Å². The minimum Gasteiger partial charge on any atom is -0.490 e. The zero-order chi connectivity index (χ0) is 33.8. The Morgan fingerprint density at radius 1 is 0.979 bits per heavy atom. The van der Waals surface area contributed by atoms with Crippen molar-refractivity contribution in [2.24, 2.45) is 5.92 Å². The molecule has 4 atom stereocenters. The van der Waals surface area contributed by atoms with Crippen LogP contribution in [0.2, 0.25) is 0 Å². The second kappa shape index (κ2) is 17.5. The Labute approximate surface area is 278 Å². The predicted octanol–water partition coefficient (Wildman–Crippen LogP) is 5.83. The molecule has 47 heavy (non-hydrogen) atoms. The number of urea groups is 1. The fraction of sp³-hybridized carbons (Fsp3) is 0.432. The topological polar surface area (TPSA) is 120 Å². The fourth-order valence-electron chi connectivity index (χ4n) is 5.56. The Morgan fingerprint density at radius 3 is 2.36 bits per heavy atom. The van der Waals surface area contributed by atoms with Crippen molar-refractivity contribution < 1.29 is 29.0 Å². The number of benzene rings is 3. The highest BCUT2D eigenvalue weighted by atomic mass is 16.5. The Morgan fingerprint density at radius 2 is 1.66 bits per heavy atom. The molecule has 0 fully saturated rings. The summed E-state index contributed by atoms with van der Waals surface area (Å²) in [5, 5.41) is 15.8. The van der Waals surface area contributed by atoms with Gasteiger partial charge in [0.25, 0.3) is 5.91 Å². The summed E-state index contributed by atoms with van der Waals surface area (Å²) in [5.74, 6) is -0.115. The molecule has 0 saturated carbocycles. The lowest BCUT2D eigenvalue weighted by molar-refractivity contribution is -0.131. The van der Waals surface area contributed by atoms with E-state index in [-0.39, 0.29) is 48.7 Å². The molecular formula is C37H48N4O6. The van der Waals surface area contributed by atoms with Crippen LogP contribution in [0.4, 0.5) is 16.2 Å². The number of nitrogens with zero attached hydrogens (tertiary/aromatic N) is 2. The highest BCUT2D eigenvalue weighted by Gasteiger charge is 2.31. The number of rotatable bonds is 8. The van der Waals surface area contributed by atoms with E-state index in [2.05, 4.69) is 10.6 Å². The van der Waals surface area contributed by atoms with Crippen LogP contribution in [0.1, 0.15) is 56.0 Å². The van der Waals surface area contributed by atoms with Gasteiger partial charge in [-0.2, -0.15) is 0 Å². The van der Waals surface area contributed by atoms with Crippen LogP contribution in [-0.2, 0) is 16.0 Å². The molecule has 1 heterocycles. The highest BCUT2D eigenvalue weighted by molar-refractivity contribution is 6.02. The Bertz CT molecular complexity index is 1450. The van der Waals surface area contributed by atoms with Gasteiger partial charge in [0.1, 0.15) is 5.75 Å². The van der Waals surface area contributed by atoms with Crippen LogP contribution in [-0.4, -0.2) is 84.4 Å². The molecule has 4 amide bonds. The van der Waals surface area contributed by atoms with E-state index >= 15 is 0 Å². The number of fused-ring (bicyclic) bond motifs is 1. The lowest BCUT2D eigenvalue weighted by Crippen LogP contribution is -2.48. The van der Waals surface area contributed by atoms with Gasteiger partial charge in [-0.25, -0.2) is 4.79 Å². The molecule has 252 valence electrons. The van der Waals surface area contributed by atoms with Crippen LogP contribution in [0.15, 0.2) is 78.9 Å². The number of para-hydroxylation sites is 1. The lowest BCUT2D eigenvalue weighted by atomic mass is 10.0. The van der Waals surface area contributed by atoms with E-state index in [0.717, 1.165) is 24.8 Å². The van der Waals surface area contributed by atoms with Crippen LogP contribution in [0.5, 0.6) is 5.75 Å². The third-order valence-electron chi connectivity index (χ3n) is 8.42. The Kier molecular flexibility index (Phi) is 13.2. The van der Waals surface area contributed by atoms with Crippen molar-refractivity contribution in [2.45, 2.75) is 64.7 Å². The molecule has 10 nitrogen and oxygen atoms in total. The lowest BCUT2D eigenvalue weighted by Gasteiger charge is -2.36. The molecule has 3 aromatic carbocycles. The number of ether oxygens (including phenoxy) is 2. The van der Waals surface area contributed by atoms with Gasteiger partial charge >= 0.3 is 6.03 Å². The monoisotopic (exact) mass is 644 g/mol. The van der Waals surface area contributed by atoms with Crippen molar-refractivity contribution in [1.82, 2.24) is 9.80 Å². The van der Waals surface area contributed by atoms with Crippen molar-refractivity contribution in [1.29, 1.82) is 0 Å². The second-order valence-electron chi connectivity index (χ2n) is 12.4. The molecule has 0 bridgehead atoms. The SMILES string of the molecule is C[C@@H]1CCCCO[C@@H](CN(C)C(=O)Cc2ccccc2)[C@@H](C)CN([C@H](C)CO)C(=O)c2cc(NC(=O)Nc3ccccc3)ccc2O1. The van der Waals surface area contributed by atoms with E-state index in [4.69, 9.17) is 9.47 Å². The molecule has 1 aliphatic rings. The molecule has 0 spiro atoms. The first-order chi connectivity index (χ1) is 22.6. The summed E-state index contributed by atoms with van der Waals surface area (Å²) < 4.78 is 12.7. The maximum Gasteiger partial charge on any atom is 0.323 e. The van der Waals surface area contributed by atoms with Crippen LogP contribution in [0.3, 0.4) is 0 Å². The summed E-state index contributed by atoms with van der Waals surface area (Å²) >= 11 is 0. The van der Waals surface area contributed by atoms with Crippen molar-refractivity contribution in [3.05, 3.63) is 90.0 Å². The zero-order valence-electron chi connectivity index (χ0n) is 27.9. The van der Waals surface area contributed by atoms with Gasteiger partial charge in [0, 0.05) is 44.0 Å². The van der Waals surface area contributed by atoms with Gasteiger partial charge in [-0.15, -0.1) is 0 Å². The normalized spacial score (nSPS) is 19.8. The summed E-state index contributed by atoms with van der Waals surface area (Å²) in [6.45, 7) is 6.66. The second-order valence-corrected chi connectivity index (χ2v) is 12.4. The van der Waals surface area contributed by atoms with E-state index in [1.54, 1.807) is 54.1 Å². The molecule has 3 aromatic rings. The molecule has 0 unspecified atom stereocenters. The van der Waals surface area contributed by atoms with Gasteiger partial charge in [0.15, 0.2) is 0 Å². The summed E-state index contributed by atoms with van der Waals surface area (Å²) in [6, 6.07) is 22.8. The number of aliphatic hydroxyl groups excluding tert-OH is 1. The number of likely N-dealkylation sites (N-methyl/N-ethyl adjacent to an activating group) is 1. The van der Waals surface area contributed by atoms with Gasteiger partial charge in [-0.1, -0.05) is 55.5 Å². The van der Waals surface area contributed by atoms with Gasteiger partial charge in [-0.3, -0.25) is 9.59 Å². The van der Waals surface area contributed by atoms with Crippen molar-refractivity contribution in [3.63, 3.8) is 0 Å². The van der Waals surface area contributed by atoms with Gasteiger partial charge in [-0.05, 0) is 69.0 Å². The number of amides is 4. The minimum atomic E-state index is -0.515. The van der Waals surface area contributed by atoms with Crippen molar-refractivity contribution in [2.75, 3.05) is 44.0 Å². The smallest absolute Gasteiger partial charge is 0.323 e. The van der Waals surface area contributed by atoms with Crippen LogP contribution in [0.25, 0.3) is 0 Å². The van der Waals surface area contributed by atoms with Crippen molar-refractivity contribution in [3.8, 4) is 5.75 Å². The quantitative estimate of drug-likeness (QED) is 0.284. The third-order valence-corrected chi connectivity index (χ3v) is 8.42. The predicted molar refractivity (Wildman–Crippen MR) is 184 cm³/mol. The van der Waals surface area contributed by atoms with Gasteiger partial charge < -0.3 is 35.0 Å². The van der Waals surface area contributed by atoms with E-state index in [0.29, 0.717) is 36.7 Å². The maximum atomic E-state index is 14.3. The number of carbonyl (C=O) groups excluding carboxylic acids is 3. The molecule has 4 rings (SSSR count). The first-order valence-corrected chi connectivity index (χ1v) is 16.4. The summed E-state index contributed by atoms with van der Waals surface area (Å²) in [6.07, 6.45) is 2.21. The molecule has 10 heteroatoms. The first-order valence-electron chi connectivity index (χ1n) is 16.4. The standard InChI is InChI=1S/C37H48N4O6/c1-26-23-41(27(2)25-42)36(44)32-22-31(39-37(45)38-30-16-9-6-10-17-30)18-19-33(32)47-28(3)13-11-12-20-46-34(26)24-40(4)35(43)21-29-14-7-5-8-15-29/h5-10,14-19,22,26-28,34,42H,11-13,20-21,23-25H2,1-4H3,(H2,38,39,45)/t26-,27+,28+,34-/m0/s1. The van der Waals surface area contributed by atoms with Crippen molar-refractivity contribution >= 4 is 29.2 Å². The van der Waals surface area contributed by atoms with Gasteiger partial charge in [0.2, 0.25) is 5.91 Å². The van der Waals surface area contributed by atoms with E-state index in [1.807, 2.05) is 62.4 Å². The Balaban J connectivity index is 1.58. The Hall–Kier alpha value is -4.41. The molecule has 0 saturated heterocycles. The number of carbonyl (C=O) groups is 3. The van der Waals surface area contributed by atoms with E-state index in [1.165, 1.54) is 0 Å². The number of aliphatic hydroxyl groups is 1. The molecule has 3 N–H and O–H groups in total. The zero-order valence-corrected chi connectivity index (χ0v) is 27.9. The third kappa shape index (κ3) is 10.6. The largest absolute Gasteiger partial charge is 0.490 e. The fourth-order valence-corrected chi connectivity index (χ4v) is 5.56. The average molecular weight is 645 g/mol. The summed E-state index contributed by atoms with van der Waals surface area (Å²) in [4.78, 5) is 43.6. The molecule has 1 aliphatic heterocycles. The molecule has 0 radical (unpaired) electrons. The molecule has 0 aliphatic carbocycles. The van der Waals surface area contributed by atoms with E-state index in [9.17, 15) is 19.5 Å². The number of anilines is 2. The summed E-state index contributed by atoms with van der Waals surface area (Å²) in [7, 11) is 1.78. The van der Waals surface area contributed by atoms with Crippen LogP contribution < -0.4 is 15.4 Å². The first kappa shape index (κ1) is 35.4. The summed E-state index contributed by atoms with van der Waals surface area (Å²) in [5.41, 5.74) is 2.29. The number of nitrogens with one attached hydrogen (secondary N) is 2.